The summed E-state index contributed by atoms with van der Waals surface area (Å²) in [4.78, 5) is 0.272. The van der Waals surface area contributed by atoms with Gasteiger partial charge in [-0.2, -0.15) is 0 Å². The fourth-order valence-corrected chi connectivity index (χ4v) is 3.12. The molecular weight excluding hydrogens is 268 g/mol. The molecule has 0 saturated heterocycles. The first-order valence-corrected chi connectivity index (χ1v) is 6.51. The highest BCUT2D eigenvalue weighted by Crippen LogP contribution is 2.28. The molecule has 78 valence electrons. The van der Waals surface area contributed by atoms with E-state index in [1.165, 1.54) is 6.26 Å². The van der Waals surface area contributed by atoms with Crippen molar-refractivity contribution in [2.75, 3.05) is 11.7 Å². The van der Waals surface area contributed by atoms with E-state index in [1.807, 2.05) is 0 Å². The normalized spacial score (nSPS) is 11.4. The van der Waals surface area contributed by atoms with Crippen molar-refractivity contribution in [3.8, 4) is 0 Å². The second-order valence-electron chi connectivity index (χ2n) is 3.01. The predicted molar refractivity (Wildman–Crippen MR) is 59.8 cm³/mol. The Balaban J connectivity index is 3.44. The fraction of sp³-hybridized carbons (Fsp3) is 0.250. The van der Waals surface area contributed by atoms with E-state index in [4.69, 9.17) is 5.84 Å². The van der Waals surface area contributed by atoms with Crippen LogP contribution in [-0.2, 0) is 9.84 Å². The minimum atomic E-state index is -3.20. The van der Waals surface area contributed by atoms with Crippen LogP contribution < -0.4 is 11.3 Å². The van der Waals surface area contributed by atoms with Crippen molar-refractivity contribution in [1.82, 2.24) is 0 Å². The number of nitrogens with one attached hydrogen (secondary N) is 1. The first-order chi connectivity index (χ1) is 6.36. The molecule has 0 atom stereocenters. The standard InChI is InChI=1S/C8H11BrN2O2S/c1-5-3-8(14(2,12)13)6(9)4-7(5)11-10/h3-4,11H,10H2,1-2H3. The SMILES string of the molecule is Cc1cc(S(C)(=O)=O)c(Br)cc1NN. The van der Waals surface area contributed by atoms with Gasteiger partial charge in [0.15, 0.2) is 9.84 Å². The number of halogens is 1. The Kier molecular flexibility index (Phi) is 3.18. The third-order valence-corrected chi connectivity index (χ3v) is 3.89. The van der Waals surface area contributed by atoms with E-state index < -0.39 is 9.84 Å². The summed E-state index contributed by atoms with van der Waals surface area (Å²) in [5.41, 5.74) is 3.98. The average molecular weight is 279 g/mol. The molecule has 6 heteroatoms. The van der Waals surface area contributed by atoms with E-state index in [-0.39, 0.29) is 4.90 Å². The number of hydrazine groups is 1. The Hall–Kier alpha value is -0.590. The highest BCUT2D eigenvalue weighted by Gasteiger charge is 2.13. The third-order valence-electron chi connectivity index (χ3n) is 1.83. The molecular formula is C8H11BrN2O2S. The molecule has 0 unspecified atom stereocenters. The number of benzene rings is 1. The third kappa shape index (κ3) is 2.26. The van der Waals surface area contributed by atoms with Gasteiger partial charge in [-0.05, 0) is 40.5 Å². The molecule has 0 aliphatic carbocycles. The Bertz CT molecular complexity index is 457. The molecule has 4 nitrogen and oxygen atoms in total. The highest BCUT2D eigenvalue weighted by molar-refractivity contribution is 9.10. The zero-order valence-electron chi connectivity index (χ0n) is 7.83. The molecule has 1 aromatic rings. The van der Waals surface area contributed by atoms with Gasteiger partial charge in [-0.15, -0.1) is 0 Å². The van der Waals surface area contributed by atoms with Crippen LogP contribution in [0.2, 0.25) is 0 Å². The van der Waals surface area contributed by atoms with E-state index in [9.17, 15) is 8.42 Å². The number of nitrogens with two attached hydrogens (primary N) is 1. The Morgan fingerprint density at radius 1 is 1.43 bits per heavy atom. The van der Waals surface area contributed by atoms with Gasteiger partial charge in [0.05, 0.1) is 10.6 Å². The van der Waals surface area contributed by atoms with Gasteiger partial charge in [0.25, 0.3) is 0 Å². The Morgan fingerprint density at radius 3 is 2.43 bits per heavy atom. The lowest BCUT2D eigenvalue weighted by Gasteiger charge is -2.08. The van der Waals surface area contributed by atoms with E-state index in [2.05, 4.69) is 21.4 Å². The molecule has 0 fully saturated rings. The molecule has 0 spiro atoms. The van der Waals surface area contributed by atoms with Crippen LogP contribution in [0.25, 0.3) is 0 Å². The summed E-state index contributed by atoms with van der Waals surface area (Å²) in [6, 6.07) is 3.22. The minimum Gasteiger partial charge on any atom is -0.324 e. The van der Waals surface area contributed by atoms with Gasteiger partial charge >= 0.3 is 0 Å². The lowest BCUT2D eigenvalue weighted by atomic mass is 10.2. The molecule has 0 aromatic heterocycles. The van der Waals surface area contributed by atoms with Gasteiger partial charge in [0.1, 0.15) is 0 Å². The van der Waals surface area contributed by atoms with Crippen LogP contribution in [0, 0.1) is 6.92 Å². The number of rotatable bonds is 2. The van der Waals surface area contributed by atoms with Gasteiger partial charge in [0, 0.05) is 10.7 Å². The van der Waals surface area contributed by atoms with Crippen molar-refractivity contribution in [2.24, 2.45) is 5.84 Å². The van der Waals surface area contributed by atoms with E-state index in [0.29, 0.717) is 10.2 Å². The van der Waals surface area contributed by atoms with Crippen molar-refractivity contribution in [3.63, 3.8) is 0 Å². The molecule has 3 N–H and O–H groups in total. The summed E-state index contributed by atoms with van der Waals surface area (Å²) in [7, 11) is -3.20. The minimum absolute atomic E-state index is 0.272. The Labute approximate surface area is 91.5 Å². The van der Waals surface area contributed by atoms with Crippen LogP contribution >= 0.6 is 15.9 Å². The molecule has 1 rings (SSSR count). The summed E-state index contributed by atoms with van der Waals surface area (Å²) in [6.07, 6.45) is 1.17. The van der Waals surface area contributed by atoms with Crippen LogP contribution in [0.4, 0.5) is 5.69 Å². The topological polar surface area (TPSA) is 72.2 Å². The zero-order valence-corrected chi connectivity index (χ0v) is 10.2. The van der Waals surface area contributed by atoms with Crippen molar-refractivity contribution in [2.45, 2.75) is 11.8 Å². The molecule has 0 amide bonds. The number of anilines is 1. The van der Waals surface area contributed by atoms with Gasteiger partial charge < -0.3 is 5.43 Å². The number of nitrogen functional groups attached to an aromatic ring is 1. The van der Waals surface area contributed by atoms with Gasteiger partial charge in [0.2, 0.25) is 0 Å². The van der Waals surface area contributed by atoms with Crippen LogP contribution in [0.1, 0.15) is 5.56 Å². The molecule has 0 radical (unpaired) electrons. The summed E-state index contributed by atoms with van der Waals surface area (Å²) < 4.78 is 23.2. The number of hydrogen-bond donors (Lipinski definition) is 2. The molecule has 14 heavy (non-hydrogen) atoms. The molecule has 0 heterocycles. The zero-order chi connectivity index (χ0) is 10.9. The van der Waals surface area contributed by atoms with Crippen molar-refractivity contribution in [1.29, 1.82) is 0 Å². The van der Waals surface area contributed by atoms with Gasteiger partial charge in [-0.3, -0.25) is 5.84 Å². The second-order valence-corrected chi connectivity index (χ2v) is 5.85. The maximum atomic E-state index is 11.3. The average Bonchev–Trinajstić information content (AvgIpc) is 2.06. The van der Waals surface area contributed by atoms with Crippen LogP contribution in [0.5, 0.6) is 0 Å². The van der Waals surface area contributed by atoms with Crippen molar-refractivity contribution < 1.29 is 8.42 Å². The lowest BCUT2D eigenvalue weighted by molar-refractivity contribution is 0.601. The lowest BCUT2D eigenvalue weighted by Crippen LogP contribution is -2.09. The van der Waals surface area contributed by atoms with Crippen LogP contribution in [0.3, 0.4) is 0 Å². The maximum Gasteiger partial charge on any atom is 0.176 e. The fourth-order valence-electron chi connectivity index (χ4n) is 1.09. The van der Waals surface area contributed by atoms with Crippen LogP contribution in [-0.4, -0.2) is 14.7 Å². The van der Waals surface area contributed by atoms with Crippen LogP contribution in [0.15, 0.2) is 21.5 Å². The van der Waals surface area contributed by atoms with E-state index in [0.717, 1.165) is 5.56 Å². The maximum absolute atomic E-state index is 11.3. The van der Waals surface area contributed by atoms with Gasteiger partial charge in [-0.1, -0.05) is 0 Å². The summed E-state index contributed by atoms with van der Waals surface area (Å²) in [5, 5.41) is 0. The number of aryl methyl sites for hydroxylation is 1. The van der Waals surface area contributed by atoms with E-state index >= 15 is 0 Å². The quantitative estimate of drug-likeness (QED) is 0.635. The predicted octanol–water partition coefficient (Wildman–Crippen LogP) is 1.45. The van der Waals surface area contributed by atoms with E-state index in [1.54, 1.807) is 19.1 Å². The summed E-state index contributed by atoms with van der Waals surface area (Å²) in [5.74, 6) is 5.26. The molecule has 0 bridgehead atoms. The van der Waals surface area contributed by atoms with Crippen molar-refractivity contribution >= 4 is 31.5 Å². The first kappa shape index (κ1) is 11.5. The highest BCUT2D eigenvalue weighted by atomic mass is 79.9. The monoisotopic (exact) mass is 278 g/mol. The second kappa shape index (κ2) is 3.88. The smallest absolute Gasteiger partial charge is 0.176 e. The van der Waals surface area contributed by atoms with Gasteiger partial charge in [-0.25, -0.2) is 8.42 Å². The summed E-state index contributed by atoms with van der Waals surface area (Å²) >= 11 is 3.18. The Morgan fingerprint density at radius 2 is 2.00 bits per heavy atom. The summed E-state index contributed by atoms with van der Waals surface area (Å²) in [6.45, 7) is 1.79. The largest absolute Gasteiger partial charge is 0.324 e. The number of hydrogen-bond acceptors (Lipinski definition) is 4. The first-order valence-electron chi connectivity index (χ1n) is 3.83. The number of sulfone groups is 1. The molecule has 0 saturated carbocycles. The molecule has 0 aliphatic heterocycles. The molecule has 1 aromatic carbocycles. The van der Waals surface area contributed by atoms with Crippen molar-refractivity contribution in [3.05, 3.63) is 22.2 Å². The molecule has 0 aliphatic rings.